The second-order valence-electron chi connectivity index (χ2n) is 13.3. The SMILES string of the molecule is CCCCCCCCCC[C@@]1(c2ccc3c(C(F)(F)F)c(OC4CCC(C(C)(C)C)CC4)ccc3c2)COC(=O)N1. The Balaban J connectivity index is 1.51. The molecule has 2 aromatic carbocycles. The number of fused-ring (bicyclic) bond motifs is 1. The molecule has 1 N–H and O–H groups in total. The molecular formula is C34H48F3NO3. The molecule has 2 aliphatic rings. The lowest BCUT2D eigenvalue weighted by atomic mass is 9.72. The normalized spacial score (nSPS) is 23.4. The molecule has 1 heterocycles. The molecule has 228 valence electrons. The van der Waals surface area contributed by atoms with E-state index in [4.69, 9.17) is 9.47 Å². The second kappa shape index (κ2) is 13.2. The molecule has 1 aliphatic heterocycles. The molecule has 1 aliphatic carbocycles. The number of alkyl carbamates (subject to hydrolysis) is 1. The van der Waals surface area contributed by atoms with Crippen LogP contribution in [0.25, 0.3) is 10.8 Å². The molecule has 1 saturated heterocycles. The molecule has 2 aromatic rings. The van der Waals surface area contributed by atoms with Crippen LogP contribution >= 0.6 is 0 Å². The summed E-state index contributed by atoms with van der Waals surface area (Å²) in [5.41, 5.74) is -0.477. The van der Waals surface area contributed by atoms with Crippen LogP contribution in [0.1, 0.15) is 122 Å². The van der Waals surface area contributed by atoms with Crippen LogP contribution in [-0.2, 0) is 16.5 Å². The third-order valence-electron chi connectivity index (χ3n) is 9.26. The minimum absolute atomic E-state index is 0.0943. The van der Waals surface area contributed by atoms with Crippen molar-refractivity contribution < 1.29 is 27.4 Å². The lowest BCUT2D eigenvalue weighted by molar-refractivity contribution is -0.138. The van der Waals surface area contributed by atoms with Gasteiger partial charge in [0.2, 0.25) is 0 Å². The maximum atomic E-state index is 14.5. The topological polar surface area (TPSA) is 47.6 Å². The van der Waals surface area contributed by atoms with E-state index in [0.717, 1.165) is 50.5 Å². The van der Waals surface area contributed by atoms with E-state index in [9.17, 15) is 18.0 Å². The number of hydrogen-bond donors (Lipinski definition) is 1. The largest absolute Gasteiger partial charge is 0.490 e. The fourth-order valence-corrected chi connectivity index (χ4v) is 6.68. The van der Waals surface area contributed by atoms with Crippen molar-refractivity contribution in [2.24, 2.45) is 11.3 Å². The number of nitrogens with one attached hydrogen (secondary N) is 1. The van der Waals surface area contributed by atoms with Crippen molar-refractivity contribution in [2.75, 3.05) is 6.61 Å². The highest BCUT2D eigenvalue weighted by atomic mass is 19.4. The van der Waals surface area contributed by atoms with Crippen LogP contribution in [0.5, 0.6) is 5.75 Å². The first-order valence-corrected chi connectivity index (χ1v) is 15.7. The zero-order chi connectivity index (χ0) is 29.7. The molecule has 0 radical (unpaired) electrons. The van der Waals surface area contributed by atoms with Crippen LogP contribution in [-0.4, -0.2) is 18.8 Å². The van der Waals surface area contributed by atoms with E-state index in [1.54, 1.807) is 18.2 Å². The first kappa shape index (κ1) is 31.5. The number of unbranched alkanes of at least 4 members (excludes halogenated alkanes) is 7. The zero-order valence-corrected chi connectivity index (χ0v) is 25.3. The van der Waals surface area contributed by atoms with Crippen molar-refractivity contribution in [1.29, 1.82) is 0 Å². The molecule has 0 spiro atoms. The van der Waals surface area contributed by atoms with Crippen molar-refractivity contribution in [3.05, 3.63) is 41.5 Å². The van der Waals surface area contributed by atoms with Gasteiger partial charge in [-0.2, -0.15) is 13.2 Å². The Hall–Kier alpha value is -2.44. The Labute approximate surface area is 243 Å². The van der Waals surface area contributed by atoms with Crippen molar-refractivity contribution in [1.82, 2.24) is 5.32 Å². The van der Waals surface area contributed by atoms with E-state index in [0.29, 0.717) is 17.7 Å². The molecule has 0 bridgehead atoms. The number of halogens is 3. The van der Waals surface area contributed by atoms with Crippen LogP contribution < -0.4 is 10.1 Å². The third-order valence-corrected chi connectivity index (χ3v) is 9.26. The highest BCUT2D eigenvalue weighted by Crippen LogP contribution is 2.45. The van der Waals surface area contributed by atoms with Crippen LogP contribution in [0, 0.1) is 11.3 Å². The molecule has 1 amide bonds. The maximum Gasteiger partial charge on any atom is 0.420 e. The fourth-order valence-electron chi connectivity index (χ4n) is 6.68. The van der Waals surface area contributed by atoms with Gasteiger partial charge in [-0.25, -0.2) is 4.79 Å². The zero-order valence-electron chi connectivity index (χ0n) is 25.3. The van der Waals surface area contributed by atoms with Crippen molar-refractivity contribution in [3.63, 3.8) is 0 Å². The van der Waals surface area contributed by atoms with Crippen LogP contribution in [0.2, 0.25) is 0 Å². The summed E-state index contributed by atoms with van der Waals surface area (Å²) in [7, 11) is 0. The number of hydrogen-bond acceptors (Lipinski definition) is 3. The summed E-state index contributed by atoms with van der Waals surface area (Å²) >= 11 is 0. The standard InChI is InChI=1S/C34H48F3NO3/c1-5-6-7-8-9-10-11-12-21-33(23-40-31(39)38-33)26-16-19-28-24(22-26)13-20-29(30(28)34(35,36)37)41-27-17-14-25(15-18-27)32(2,3)4/h13,16,19-20,22,25,27H,5-12,14-15,17-18,21,23H2,1-4H3,(H,38,39)/t25?,27?,33-/m0/s1. The second-order valence-corrected chi connectivity index (χ2v) is 13.3. The maximum absolute atomic E-state index is 14.5. The Morgan fingerprint density at radius 1 is 0.927 bits per heavy atom. The van der Waals surface area contributed by atoms with E-state index < -0.39 is 23.4 Å². The van der Waals surface area contributed by atoms with Gasteiger partial charge in [0.15, 0.2) is 0 Å². The predicted octanol–water partition coefficient (Wildman–Crippen LogP) is 10.3. The number of benzene rings is 2. The molecule has 0 unspecified atom stereocenters. The molecule has 1 saturated carbocycles. The summed E-state index contributed by atoms with van der Waals surface area (Å²) in [5.74, 6) is 0.459. The number of carbonyl (C=O) groups excluding carboxylic acids is 1. The van der Waals surface area contributed by atoms with Gasteiger partial charge >= 0.3 is 12.3 Å². The van der Waals surface area contributed by atoms with Crippen molar-refractivity contribution >= 4 is 16.9 Å². The highest BCUT2D eigenvalue weighted by Gasteiger charge is 2.42. The van der Waals surface area contributed by atoms with E-state index in [1.807, 2.05) is 0 Å². The van der Waals surface area contributed by atoms with Crippen LogP contribution in [0.3, 0.4) is 0 Å². The lowest BCUT2D eigenvalue weighted by Crippen LogP contribution is -2.40. The summed E-state index contributed by atoms with van der Waals surface area (Å²) in [5, 5.41) is 3.59. The van der Waals surface area contributed by atoms with Gasteiger partial charge in [0.05, 0.1) is 6.10 Å². The highest BCUT2D eigenvalue weighted by molar-refractivity contribution is 5.89. The van der Waals surface area contributed by atoms with Crippen LogP contribution in [0.15, 0.2) is 30.3 Å². The van der Waals surface area contributed by atoms with Gasteiger partial charge in [0, 0.05) is 0 Å². The minimum atomic E-state index is -4.56. The summed E-state index contributed by atoms with van der Waals surface area (Å²) in [4.78, 5) is 12.1. The van der Waals surface area contributed by atoms with Gasteiger partial charge < -0.3 is 14.8 Å². The Bertz CT molecular complexity index is 1160. The molecule has 41 heavy (non-hydrogen) atoms. The summed E-state index contributed by atoms with van der Waals surface area (Å²) in [6, 6.07) is 8.22. The molecule has 7 heteroatoms. The average molecular weight is 576 g/mol. The van der Waals surface area contributed by atoms with E-state index in [-0.39, 0.29) is 29.3 Å². The number of amides is 1. The third kappa shape index (κ3) is 7.90. The van der Waals surface area contributed by atoms with Crippen molar-refractivity contribution in [2.45, 2.75) is 129 Å². The fraction of sp³-hybridized carbons (Fsp3) is 0.676. The molecule has 2 fully saturated rings. The Kier molecular flexibility index (Phi) is 10.2. The first-order valence-electron chi connectivity index (χ1n) is 15.7. The van der Waals surface area contributed by atoms with Gasteiger partial charge in [-0.1, -0.05) is 97.3 Å². The number of cyclic esters (lactones) is 1. The number of rotatable bonds is 12. The van der Waals surface area contributed by atoms with Gasteiger partial charge in [0.25, 0.3) is 0 Å². The number of carbonyl (C=O) groups is 1. The van der Waals surface area contributed by atoms with Gasteiger partial charge in [-0.15, -0.1) is 0 Å². The van der Waals surface area contributed by atoms with Crippen LogP contribution in [0.4, 0.5) is 18.0 Å². The number of alkyl halides is 3. The molecule has 4 rings (SSSR count). The van der Waals surface area contributed by atoms with E-state index >= 15 is 0 Å². The van der Waals surface area contributed by atoms with Gasteiger partial charge in [0.1, 0.15) is 23.5 Å². The van der Waals surface area contributed by atoms with E-state index in [2.05, 4.69) is 33.0 Å². The summed E-state index contributed by atoms with van der Waals surface area (Å²) in [6.45, 7) is 9.06. The number of ether oxygens (including phenoxy) is 2. The molecule has 1 atom stereocenters. The smallest absolute Gasteiger partial charge is 0.420 e. The van der Waals surface area contributed by atoms with Gasteiger partial charge in [-0.3, -0.25) is 0 Å². The monoisotopic (exact) mass is 575 g/mol. The summed E-state index contributed by atoms with van der Waals surface area (Å²) < 4.78 is 54.8. The predicted molar refractivity (Wildman–Crippen MR) is 158 cm³/mol. The minimum Gasteiger partial charge on any atom is -0.490 e. The Morgan fingerprint density at radius 2 is 1.59 bits per heavy atom. The molecule has 0 aromatic heterocycles. The average Bonchev–Trinajstić information content (AvgIpc) is 3.30. The van der Waals surface area contributed by atoms with Crippen molar-refractivity contribution in [3.8, 4) is 5.75 Å². The first-order chi connectivity index (χ1) is 19.4. The molecular weight excluding hydrogens is 527 g/mol. The van der Waals surface area contributed by atoms with Gasteiger partial charge in [-0.05, 0) is 71.9 Å². The Morgan fingerprint density at radius 3 is 2.17 bits per heavy atom. The quantitative estimate of drug-likeness (QED) is 0.256. The molecule has 4 nitrogen and oxygen atoms in total. The lowest BCUT2D eigenvalue weighted by Gasteiger charge is -2.37. The summed E-state index contributed by atoms with van der Waals surface area (Å²) in [6.07, 6.45) is 8.19. The van der Waals surface area contributed by atoms with E-state index in [1.165, 1.54) is 44.2 Å².